The summed E-state index contributed by atoms with van der Waals surface area (Å²) in [4.78, 5) is 18.0. The minimum atomic E-state index is -4.75. The Labute approximate surface area is 203 Å². The number of piperidine rings is 1. The van der Waals surface area contributed by atoms with Crippen molar-refractivity contribution >= 4 is 23.5 Å². The van der Waals surface area contributed by atoms with E-state index < -0.39 is 17.6 Å². The number of rotatable bonds is 6. The van der Waals surface area contributed by atoms with Crippen LogP contribution in [0.25, 0.3) is 0 Å². The van der Waals surface area contributed by atoms with E-state index in [0.717, 1.165) is 63.7 Å². The highest BCUT2D eigenvalue weighted by Gasteiger charge is 2.34. The molecule has 1 saturated heterocycles. The van der Waals surface area contributed by atoms with Crippen molar-refractivity contribution in [1.29, 1.82) is 0 Å². The first-order chi connectivity index (χ1) is 16.7. The third-order valence-electron chi connectivity index (χ3n) is 6.89. The van der Waals surface area contributed by atoms with E-state index in [2.05, 4.69) is 37.5 Å². The number of nitrogens with zero attached hydrogens (tertiary/aromatic N) is 5. The number of aromatic nitrogens is 3. The Balaban J connectivity index is 1.59. The molecule has 1 saturated carbocycles. The maximum absolute atomic E-state index is 14.1. The summed E-state index contributed by atoms with van der Waals surface area (Å²) in [6, 6.07) is 3.21. The Morgan fingerprint density at radius 2 is 1.60 bits per heavy atom. The van der Waals surface area contributed by atoms with Crippen molar-refractivity contribution in [3.8, 4) is 0 Å². The smallest absolute Gasteiger partial charge is 0.351 e. The molecule has 1 aliphatic heterocycles. The molecular formula is C24H33F4N7. The summed E-state index contributed by atoms with van der Waals surface area (Å²) in [5, 5.41) is 6.31. The Morgan fingerprint density at radius 1 is 0.943 bits per heavy atom. The molecule has 2 heterocycles. The lowest BCUT2D eigenvalue weighted by atomic mass is 10.0. The standard InChI is InChI=1S/C24H33F4N7/c1-34-13-11-18(12-14-34)35(2)23-32-21(29-16-7-5-3-4-6-8-16)31-22(33-23)30-17-9-10-19(20(25)15-17)24(26,27)28/h9-10,15-16,18H,3-8,11-14H2,1-2H3,(H2,29,30,31,32,33). The molecule has 2 N–H and O–H groups in total. The summed E-state index contributed by atoms with van der Waals surface area (Å²) in [6.45, 7) is 1.95. The topological polar surface area (TPSA) is 69.2 Å². The Bertz CT molecular complexity index is 984. The number of likely N-dealkylation sites (tertiary alicyclic amines) is 1. The minimum Gasteiger partial charge on any atom is -0.351 e. The summed E-state index contributed by atoms with van der Waals surface area (Å²) in [5.41, 5.74) is -1.17. The largest absolute Gasteiger partial charge is 0.419 e. The molecule has 2 aliphatic rings. The van der Waals surface area contributed by atoms with E-state index in [1.54, 1.807) is 0 Å². The second-order valence-corrected chi connectivity index (χ2v) is 9.58. The van der Waals surface area contributed by atoms with Gasteiger partial charge in [0.15, 0.2) is 0 Å². The number of benzene rings is 1. The molecule has 1 aromatic heterocycles. The molecule has 2 aromatic rings. The van der Waals surface area contributed by atoms with Crippen LogP contribution in [0.3, 0.4) is 0 Å². The summed E-state index contributed by atoms with van der Waals surface area (Å²) < 4.78 is 53.0. The van der Waals surface area contributed by atoms with Gasteiger partial charge in [0.2, 0.25) is 17.8 Å². The van der Waals surface area contributed by atoms with Crippen LogP contribution in [0.4, 0.5) is 41.1 Å². The van der Waals surface area contributed by atoms with Crippen molar-refractivity contribution in [3.05, 3.63) is 29.6 Å². The average molecular weight is 496 g/mol. The van der Waals surface area contributed by atoms with E-state index in [4.69, 9.17) is 0 Å². The summed E-state index contributed by atoms with van der Waals surface area (Å²) >= 11 is 0. The van der Waals surface area contributed by atoms with Gasteiger partial charge in [-0.3, -0.25) is 0 Å². The van der Waals surface area contributed by atoms with Gasteiger partial charge in [-0.25, -0.2) is 4.39 Å². The predicted octanol–water partition coefficient (Wildman–Crippen LogP) is 5.44. The van der Waals surface area contributed by atoms with Crippen LogP contribution in [0.5, 0.6) is 0 Å². The van der Waals surface area contributed by atoms with Crippen LogP contribution in [0.15, 0.2) is 18.2 Å². The number of nitrogens with one attached hydrogen (secondary N) is 2. The first-order valence-corrected chi connectivity index (χ1v) is 12.3. The maximum atomic E-state index is 14.1. The fraction of sp³-hybridized carbons (Fsp3) is 0.625. The molecule has 0 atom stereocenters. The lowest BCUT2D eigenvalue weighted by molar-refractivity contribution is -0.139. The molecule has 0 radical (unpaired) electrons. The van der Waals surface area contributed by atoms with Gasteiger partial charge in [0.25, 0.3) is 0 Å². The van der Waals surface area contributed by atoms with Crippen molar-refractivity contribution in [2.75, 3.05) is 42.7 Å². The van der Waals surface area contributed by atoms with Gasteiger partial charge < -0.3 is 20.4 Å². The number of anilines is 4. The van der Waals surface area contributed by atoms with Crippen LogP contribution in [0.2, 0.25) is 0 Å². The summed E-state index contributed by atoms with van der Waals surface area (Å²) in [5.74, 6) is -0.306. The van der Waals surface area contributed by atoms with E-state index in [1.807, 2.05) is 11.9 Å². The number of alkyl halides is 3. The fourth-order valence-electron chi connectivity index (χ4n) is 4.75. The first-order valence-electron chi connectivity index (χ1n) is 12.3. The van der Waals surface area contributed by atoms with Gasteiger partial charge in [-0.05, 0) is 64.0 Å². The zero-order valence-electron chi connectivity index (χ0n) is 20.2. The molecule has 0 bridgehead atoms. The van der Waals surface area contributed by atoms with E-state index >= 15 is 0 Å². The average Bonchev–Trinajstić information content (AvgIpc) is 3.07. The minimum absolute atomic E-state index is 0.134. The van der Waals surface area contributed by atoms with Crippen molar-refractivity contribution in [2.45, 2.75) is 69.6 Å². The van der Waals surface area contributed by atoms with Crippen LogP contribution in [0, 0.1) is 5.82 Å². The second-order valence-electron chi connectivity index (χ2n) is 9.58. The fourth-order valence-corrected chi connectivity index (χ4v) is 4.75. The molecule has 4 rings (SSSR count). The van der Waals surface area contributed by atoms with Crippen LogP contribution < -0.4 is 15.5 Å². The van der Waals surface area contributed by atoms with Crippen LogP contribution >= 0.6 is 0 Å². The van der Waals surface area contributed by atoms with E-state index in [0.29, 0.717) is 11.9 Å². The molecule has 0 unspecified atom stereocenters. The molecule has 1 aliphatic carbocycles. The van der Waals surface area contributed by atoms with Crippen molar-refractivity contribution in [2.24, 2.45) is 0 Å². The van der Waals surface area contributed by atoms with Gasteiger partial charge in [-0.1, -0.05) is 25.7 Å². The quantitative estimate of drug-likeness (QED) is 0.409. The summed E-state index contributed by atoms with van der Waals surface area (Å²) in [7, 11) is 4.04. The number of hydrogen-bond acceptors (Lipinski definition) is 7. The van der Waals surface area contributed by atoms with Crippen molar-refractivity contribution < 1.29 is 17.6 Å². The van der Waals surface area contributed by atoms with E-state index in [-0.39, 0.29) is 23.7 Å². The molecule has 192 valence electrons. The molecule has 35 heavy (non-hydrogen) atoms. The Kier molecular flexibility index (Phi) is 7.93. The number of hydrogen-bond donors (Lipinski definition) is 2. The molecule has 1 aromatic carbocycles. The molecule has 0 amide bonds. The highest BCUT2D eigenvalue weighted by molar-refractivity contribution is 5.57. The van der Waals surface area contributed by atoms with Gasteiger partial charge in [0.05, 0.1) is 5.56 Å². The van der Waals surface area contributed by atoms with Gasteiger partial charge in [-0.15, -0.1) is 0 Å². The predicted molar refractivity (Wildman–Crippen MR) is 129 cm³/mol. The molecular weight excluding hydrogens is 462 g/mol. The van der Waals surface area contributed by atoms with Gasteiger partial charge in [-0.2, -0.15) is 28.1 Å². The van der Waals surface area contributed by atoms with Crippen LogP contribution in [-0.2, 0) is 6.18 Å². The van der Waals surface area contributed by atoms with Gasteiger partial charge >= 0.3 is 6.18 Å². The number of halogens is 4. The zero-order valence-corrected chi connectivity index (χ0v) is 20.2. The van der Waals surface area contributed by atoms with Crippen LogP contribution in [0.1, 0.15) is 56.9 Å². The lowest BCUT2D eigenvalue weighted by Crippen LogP contribution is -2.42. The normalized spacial score (nSPS) is 18.8. The highest BCUT2D eigenvalue weighted by atomic mass is 19.4. The monoisotopic (exact) mass is 495 g/mol. The second kappa shape index (κ2) is 10.9. The van der Waals surface area contributed by atoms with Gasteiger partial charge in [0, 0.05) is 24.8 Å². The van der Waals surface area contributed by atoms with E-state index in [1.165, 1.54) is 18.9 Å². The lowest BCUT2D eigenvalue weighted by Gasteiger charge is -2.35. The zero-order chi connectivity index (χ0) is 25.0. The Morgan fingerprint density at radius 3 is 2.23 bits per heavy atom. The van der Waals surface area contributed by atoms with Gasteiger partial charge in [0.1, 0.15) is 5.82 Å². The maximum Gasteiger partial charge on any atom is 0.419 e. The van der Waals surface area contributed by atoms with Crippen molar-refractivity contribution in [3.63, 3.8) is 0 Å². The van der Waals surface area contributed by atoms with Crippen LogP contribution in [-0.4, -0.2) is 59.1 Å². The van der Waals surface area contributed by atoms with E-state index in [9.17, 15) is 17.6 Å². The first kappa shape index (κ1) is 25.4. The Hall–Kier alpha value is -2.69. The highest BCUT2D eigenvalue weighted by Crippen LogP contribution is 2.33. The molecule has 0 spiro atoms. The third-order valence-corrected chi connectivity index (χ3v) is 6.89. The SMILES string of the molecule is CN1CCC(N(C)c2nc(Nc3ccc(C(F)(F)F)c(F)c3)nc(NC3CCCCCC3)n2)CC1. The molecule has 11 heteroatoms. The summed E-state index contributed by atoms with van der Waals surface area (Å²) in [6.07, 6.45) is 3.94. The molecule has 7 nitrogen and oxygen atoms in total. The molecule has 2 fully saturated rings. The van der Waals surface area contributed by atoms with Crippen molar-refractivity contribution in [1.82, 2.24) is 19.9 Å². The third kappa shape index (κ3) is 6.71.